The molecule has 390 valence electrons. The van der Waals surface area contributed by atoms with Gasteiger partial charge in [0, 0.05) is 0 Å². The molecule has 0 saturated heterocycles. The number of hydrogen-bond acceptors (Lipinski definition) is 15. The third-order valence-electron chi connectivity index (χ3n) is 12.2. The number of hydrogen-bond donors (Lipinski definition) is 0. The minimum atomic E-state index is -0.401. The van der Waals surface area contributed by atoms with Crippen LogP contribution in [0.25, 0.3) is 0 Å². The Kier molecular flexibility index (Phi) is 16.3. The molecule has 6 heterocycles. The summed E-state index contributed by atoms with van der Waals surface area (Å²) in [6.45, 7) is 2.26. The molecule has 0 atom stereocenters. The van der Waals surface area contributed by atoms with E-state index in [0.29, 0.717) is 60.3 Å². The monoisotopic (exact) mass is 1050 g/mol. The number of halogens is 1. The molecule has 6 aromatic heterocycles. The van der Waals surface area contributed by atoms with Crippen LogP contribution in [0, 0.1) is 0 Å². The van der Waals surface area contributed by atoms with Crippen LogP contribution in [0.5, 0.6) is 0 Å². The van der Waals surface area contributed by atoms with Crippen LogP contribution in [0.3, 0.4) is 0 Å². The number of amides is 3. The first-order chi connectivity index (χ1) is 37.7. The summed E-state index contributed by atoms with van der Waals surface area (Å²) in [5, 5.41) is 51.8. The van der Waals surface area contributed by atoms with Gasteiger partial charge < -0.3 is 14.7 Å². The lowest BCUT2D eigenvalue weighted by molar-refractivity contribution is -0.134. The fourth-order valence-electron chi connectivity index (χ4n) is 8.44. The van der Waals surface area contributed by atoms with Crippen molar-refractivity contribution >= 4 is 29.3 Å². The van der Waals surface area contributed by atoms with Gasteiger partial charge in [-0.15, -0.1) is 42.2 Å². The van der Waals surface area contributed by atoms with Crippen LogP contribution < -0.4 is 0 Å². The molecule has 25 heteroatoms. The smallest absolute Gasteiger partial charge is 0.245 e. The third kappa shape index (κ3) is 14.4. The molecule has 0 aliphatic carbocycles. The van der Waals surface area contributed by atoms with Gasteiger partial charge in [0.25, 0.3) is 0 Å². The second kappa shape index (κ2) is 24.6. The second-order valence-corrected chi connectivity index (χ2v) is 18.5. The summed E-state index contributed by atoms with van der Waals surface area (Å²) in [5.41, 5.74) is 7.37. The van der Waals surface area contributed by atoms with Gasteiger partial charge >= 0.3 is 0 Å². The summed E-state index contributed by atoms with van der Waals surface area (Å²) in [7, 11) is 0. The largest absolute Gasteiger partial charge is 0.330 e. The molecule has 0 bridgehead atoms. The Balaban J connectivity index is 0.790. The highest BCUT2D eigenvalue weighted by atomic mass is 35.5. The number of carbonyl (C=O) groups excluding carboxylic acids is 3. The first kappa shape index (κ1) is 50.9. The van der Waals surface area contributed by atoms with E-state index in [1.54, 1.807) is 40.9 Å². The number of alkyl halides is 1. The van der Waals surface area contributed by atoms with Crippen LogP contribution in [0.1, 0.15) is 56.4 Å². The van der Waals surface area contributed by atoms with Crippen molar-refractivity contribution in [2.45, 2.75) is 78.5 Å². The Hall–Kier alpha value is -9.58. The fraction of sp³-hybridized carbons (Fsp3) is 0.250. The molecule has 10 aromatic rings. The molecule has 0 fully saturated rings. The van der Waals surface area contributed by atoms with Crippen LogP contribution in [0.4, 0.5) is 0 Å². The first-order valence-electron chi connectivity index (χ1n) is 24.6. The van der Waals surface area contributed by atoms with Crippen molar-refractivity contribution in [2.24, 2.45) is 0 Å². The molecule has 4 aromatic carbocycles. The minimum absolute atomic E-state index is 0.00598. The Labute approximate surface area is 446 Å². The van der Waals surface area contributed by atoms with Crippen LogP contribution in [0.2, 0.25) is 0 Å². The molecule has 0 saturated carbocycles. The zero-order valence-corrected chi connectivity index (χ0v) is 42.5. The summed E-state index contributed by atoms with van der Waals surface area (Å²) in [5.74, 6) is -1.31. The van der Waals surface area contributed by atoms with Crippen LogP contribution in [-0.2, 0) is 92.9 Å². The molecule has 0 aliphatic heterocycles. The first-order valence-corrected chi connectivity index (χ1v) is 25.1. The highest BCUT2D eigenvalue weighted by molar-refractivity contribution is 6.27. The summed E-state index contributed by atoms with van der Waals surface area (Å²) < 4.78 is 9.72. The highest BCUT2D eigenvalue weighted by Gasteiger charge is 2.24. The maximum atomic E-state index is 14.2. The van der Waals surface area contributed by atoms with E-state index in [9.17, 15) is 14.4 Å². The molecule has 0 radical (unpaired) electrons. The molecule has 0 spiro atoms. The summed E-state index contributed by atoms with van der Waals surface area (Å²) in [6, 6.07) is 39.6. The number of carbonyl (C=O) groups is 3. The predicted octanol–water partition coefficient (Wildman–Crippen LogP) is 3.65. The van der Waals surface area contributed by atoms with Gasteiger partial charge in [0.2, 0.25) is 17.7 Å². The van der Waals surface area contributed by atoms with E-state index >= 15 is 0 Å². The molecular formula is C52H52ClN21O3. The van der Waals surface area contributed by atoms with Gasteiger partial charge in [-0.25, -0.2) is 28.1 Å². The lowest BCUT2D eigenvalue weighted by Gasteiger charge is -2.20. The highest BCUT2D eigenvalue weighted by Crippen LogP contribution is 2.15. The van der Waals surface area contributed by atoms with Crippen LogP contribution in [0.15, 0.2) is 159 Å². The zero-order chi connectivity index (χ0) is 52.8. The average molecular weight is 1050 g/mol. The van der Waals surface area contributed by atoms with Gasteiger partial charge in [0.05, 0.1) is 103 Å². The van der Waals surface area contributed by atoms with Crippen molar-refractivity contribution in [1.82, 2.24) is 105 Å². The van der Waals surface area contributed by atoms with Crippen molar-refractivity contribution in [3.63, 3.8) is 0 Å². The van der Waals surface area contributed by atoms with Gasteiger partial charge in [-0.05, 0) is 22.3 Å². The van der Waals surface area contributed by atoms with Crippen molar-refractivity contribution < 1.29 is 14.4 Å². The Morgan fingerprint density at radius 3 is 0.792 bits per heavy atom. The second-order valence-electron chi connectivity index (χ2n) is 18.3. The maximum absolute atomic E-state index is 14.2. The molecule has 3 amide bonds. The van der Waals surface area contributed by atoms with E-state index in [-0.39, 0.29) is 70.1 Å². The lowest BCUT2D eigenvalue weighted by Crippen LogP contribution is -2.33. The molecule has 0 unspecified atom stereocenters. The fourth-order valence-corrected chi connectivity index (χ4v) is 8.61. The van der Waals surface area contributed by atoms with Crippen molar-refractivity contribution in [1.29, 1.82) is 0 Å². The number of benzene rings is 4. The molecule has 77 heavy (non-hydrogen) atoms. The van der Waals surface area contributed by atoms with Crippen molar-refractivity contribution in [2.75, 3.05) is 5.88 Å². The average Bonchev–Trinajstić information content (AvgIpc) is 4.35. The summed E-state index contributed by atoms with van der Waals surface area (Å²) >= 11 is 6.11. The summed E-state index contributed by atoms with van der Waals surface area (Å²) in [6.07, 6.45) is 10.4. The van der Waals surface area contributed by atoms with Crippen LogP contribution in [-0.4, -0.2) is 128 Å². The SMILES string of the molecule is O=C(CCl)N(Cc1cn(CC(=O)N(Cc2cn(Cc3ccccc3)nn2)Cc2cn(Cc3ccccc3)nn2)nn1)Cc1cn(CC(=O)N(Cc2cn(Cc3ccccc3)nn2)Cc2cn(Cc3ccccc3)nn2)nn1. The van der Waals surface area contributed by atoms with Gasteiger partial charge in [0.1, 0.15) is 53.1 Å². The van der Waals surface area contributed by atoms with Crippen molar-refractivity contribution in [3.8, 4) is 0 Å². The lowest BCUT2D eigenvalue weighted by atomic mass is 10.2. The molecule has 0 aliphatic rings. The molecule has 10 rings (SSSR count). The van der Waals surface area contributed by atoms with Gasteiger partial charge in [0.15, 0.2) is 0 Å². The predicted molar refractivity (Wildman–Crippen MR) is 276 cm³/mol. The van der Waals surface area contributed by atoms with E-state index < -0.39 is 5.91 Å². The molecular weight excluding hydrogens is 1000 g/mol. The van der Waals surface area contributed by atoms with E-state index in [1.165, 1.54) is 14.3 Å². The van der Waals surface area contributed by atoms with Gasteiger partial charge in [-0.2, -0.15) is 0 Å². The van der Waals surface area contributed by atoms with Crippen molar-refractivity contribution in [3.05, 3.63) is 215 Å². The quantitative estimate of drug-likeness (QED) is 0.0742. The normalized spacial score (nSPS) is 11.2. The zero-order valence-electron chi connectivity index (χ0n) is 41.7. The summed E-state index contributed by atoms with van der Waals surface area (Å²) in [4.78, 5) is 46.3. The van der Waals surface area contributed by atoms with E-state index in [2.05, 4.69) is 61.9 Å². The van der Waals surface area contributed by atoms with Gasteiger partial charge in [-0.3, -0.25) is 14.4 Å². The number of rotatable bonds is 25. The van der Waals surface area contributed by atoms with E-state index in [4.69, 9.17) is 11.6 Å². The van der Waals surface area contributed by atoms with E-state index in [1.807, 2.05) is 146 Å². The maximum Gasteiger partial charge on any atom is 0.245 e. The van der Waals surface area contributed by atoms with Gasteiger partial charge in [-0.1, -0.05) is 153 Å². The van der Waals surface area contributed by atoms with Crippen LogP contribution >= 0.6 is 11.6 Å². The molecule has 0 N–H and O–H groups in total. The number of nitrogens with zero attached hydrogens (tertiary/aromatic N) is 21. The number of aromatic nitrogens is 18. The topological polar surface area (TPSA) is 245 Å². The Morgan fingerprint density at radius 2 is 0.545 bits per heavy atom. The standard InChI is InChI=1S/C52H52ClN21O3/c53-21-50(75)66(26-44-36-73(64-58-44)38-51(76)67(28-46-32-69(60-54-46)22-40-13-5-1-6-14-40)29-47-33-70(61-55-47)23-41-15-7-2-8-16-41)27-45-37-74(65-59-45)39-52(77)68(30-48-34-71(62-56-48)24-42-17-9-3-10-18-42)31-49-35-72(63-57-49)25-43-19-11-4-12-20-43/h1-20,32-37H,21-31,38-39H2. The minimum Gasteiger partial charge on any atom is -0.330 e. The third-order valence-corrected chi connectivity index (χ3v) is 12.4. The Bertz CT molecular complexity index is 3100. The molecule has 24 nitrogen and oxygen atoms in total. The van der Waals surface area contributed by atoms with E-state index in [0.717, 1.165) is 22.3 Å². The Morgan fingerprint density at radius 1 is 0.325 bits per heavy atom.